The molecule has 0 unspecified atom stereocenters. The average molecular weight is 136 g/mol. The van der Waals surface area contributed by atoms with Gasteiger partial charge in [0.25, 0.3) is 0 Å². The molecule has 0 atom stereocenters. The topological polar surface area (TPSA) is 43.1 Å². The first-order chi connectivity index (χ1) is 4.88. The number of fused-ring (bicyclic) bond motifs is 1. The normalized spacial score (nSPS) is 15.3. The van der Waals surface area contributed by atoms with E-state index in [0.717, 1.165) is 24.5 Å². The van der Waals surface area contributed by atoms with Crippen molar-refractivity contribution in [3.8, 4) is 0 Å². The molecule has 0 saturated heterocycles. The third-order valence-corrected chi connectivity index (χ3v) is 1.56. The van der Waals surface area contributed by atoms with Crippen LogP contribution in [0.3, 0.4) is 0 Å². The van der Waals surface area contributed by atoms with Crippen LogP contribution in [-0.2, 0) is 6.42 Å². The van der Waals surface area contributed by atoms with Gasteiger partial charge in [-0.25, -0.2) is 4.68 Å². The molecule has 1 aromatic heterocycles. The number of nitrogens with zero attached hydrogens (tertiary/aromatic N) is 4. The molecule has 0 amide bonds. The fourth-order valence-electron chi connectivity index (χ4n) is 1.04. The zero-order valence-electron chi connectivity index (χ0n) is 5.78. The van der Waals surface area contributed by atoms with Crippen LogP contribution in [0.5, 0.6) is 0 Å². The van der Waals surface area contributed by atoms with Crippen LogP contribution in [0.4, 0.5) is 0 Å². The SMILES string of the molecule is Cc1nnc2n1N=CCC2. The van der Waals surface area contributed by atoms with Gasteiger partial charge in [0.15, 0.2) is 11.6 Å². The smallest absolute Gasteiger partial charge is 0.154 e. The summed E-state index contributed by atoms with van der Waals surface area (Å²) in [7, 11) is 0. The maximum atomic E-state index is 4.12. The van der Waals surface area contributed by atoms with E-state index in [1.165, 1.54) is 0 Å². The fraction of sp³-hybridized carbons (Fsp3) is 0.500. The van der Waals surface area contributed by atoms with E-state index in [1.54, 1.807) is 4.68 Å². The predicted octanol–water partition coefficient (Wildman–Crippen LogP) is 0.367. The minimum absolute atomic E-state index is 0.867. The molecule has 0 bridgehead atoms. The molecule has 10 heavy (non-hydrogen) atoms. The second-order valence-electron chi connectivity index (χ2n) is 2.31. The molecule has 0 spiro atoms. The highest BCUT2D eigenvalue weighted by molar-refractivity contribution is 5.58. The van der Waals surface area contributed by atoms with Gasteiger partial charge in [0, 0.05) is 12.6 Å². The number of rotatable bonds is 0. The highest BCUT2D eigenvalue weighted by Gasteiger charge is 2.08. The van der Waals surface area contributed by atoms with E-state index in [4.69, 9.17) is 0 Å². The third kappa shape index (κ3) is 0.650. The van der Waals surface area contributed by atoms with Crippen LogP contribution in [0, 0.1) is 6.92 Å². The fourth-order valence-corrected chi connectivity index (χ4v) is 1.04. The molecule has 52 valence electrons. The van der Waals surface area contributed by atoms with Crippen LogP contribution in [0.1, 0.15) is 18.1 Å². The molecule has 0 radical (unpaired) electrons. The van der Waals surface area contributed by atoms with Crippen molar-refractivity contribution >= 4 is 6.21 Å². The number of aryl methyl sites for hydroxylation is 2. The molecule has 2 heterocycles. The Morgan fingerprint density at radius 3 is 3.20 bits per heavy atom. The molecule has 1 aliphatic rings. The van der Waals surface area contributed by atoms with Crippen molar-refractivity contribution in [2.24, 2.45) is 5.10 Å². The second-order valence-corrected chi connectivity index (χ2v) is 2.31. The summed E-state index contributed by atoms with van der Waals surface area (Å²) in [6.45, 7) is 1.90. The summed E-state index contributed by atoms with van der Waals surface area (Å²) in [5, 5.41) is 12.0. The van der Waals surface area contributed by atoms with Crippen molar-refractivity contribution in [3.63, 3.8) is 0 Å². The van der Waals surface area contributed by atoms with E-state index in [0.29, 0.717) is 0 Å². The Kier molecular flexibility index (Phi) is 1.06. The number of hydrogen-bond acceptors (Lipinski definition) is 3. The van der Waals surface area contributed by atoms with Gasteiger partial charge in [-0.2, -0.15) is 5.10 Å². The highest BCUT2D eigenvalue weighted by atomic mass is 15.5. The highest BCUT2D eigenvalue weighted by Crippen LogP contribution is 2.06. The van der Waals surface area contributed by atoms with E-state index in [2.05, 4.69) is 15.3 Å². The zero-order valence-corrected chi connectivity index (χ0v) is 5.78. The summed E-state index contributed by atoms with van der Waals surface area (Å²) in [4.78, 5) is 0. The minimum Gasteiger partial charge on any atom is -0.202 e. The summed E-state index contributed by atoms with van der Waals surface area (Å²) in [5.41, 5.74) is 0. The summed E-state index contributed by atoms with van der Waals surface area (Å²) in [6, 6.07) is 0. The van der Waals surface area contributed by atoms with Gasteiger partial charge in [0.1, 0.15) is 0 Å². The predicted molar refractivity (Wildman–Crippen MR) is 37.0 cm³/mol. The first kappa shape index (κ1) is 5.58. The molecule has 1 aromatic rings. The van der Waals surface area contributed by atoms with Crippen molar-refractivity contribution in [2.75, 3.05) is 0 Å². The largest absolute Gasteiger partial charge is 0.202 e. The maximum Gasteiger partial charge on any atom is 0.154 e. The molecular formula is C6H8N4. The minimum atomic E-state index is 0.867. The summed E-state index contributed by atoms with van der Waals surface area (Å²) in [5.74, 6) is 1.84. The molecule has 0 aromatic carbocycles. The van der Waals surface area contributed by atoms with E-state index >= 15 is 0 Å². The van der Waals surface area contributed by atoms with E-state index in [-0.39, 0.29) is 0 Å². The molecule has 2 rings (SSSR count). The van der Waals surface area contributed by atoms with E-state index in [1.807, 2.05) is 13.1 Å². The summed E-state index contributed by atoms with van der Waals surface area (Å²) in [6.07, 6.45) is 3.84. The average Bonchev–Trinajstić information content (AvgIpc) is 2.34. The van der Waals surface area contributed by atoms with Gasteiger partial charge in [0.2, 0.25) is 0 Å². The Balaban J connectivity index is 2.57. The lowest BCUT2D eigenvalue weighted by Crippen LogP contribution is -2.05. The molecule has 0 fully saturated rings. The molecule has 4 heteroatoms. The molecule has 4 nitrogen and oxygen atoms in total. The van der Waals surface area contributed by atoms with Crippen LogP contribution in [0.25, 0.3) is 0 Å². The zero-order chi connectivity index (χ0) is 6.97. The maximum absolute atomic E-state index is 4.12. The van der Waals surface area contributed by atoms with Gasteiger partial charge < -0.3 is 0 Å². The number of hydrogen-bond donors (Lipinski definition) is 0. The van der Waals surface area contributed by atoms with E-state index in [9.17, 15) is 0 Å². The quantitative estimate of drug-likeness (QED) is 0.517. The third-order valence-electron chi connectivity index (χ3n) is 1.56. The monoisotopic (exact) mass is 136 g/mol. The first-order valence-electron chi connectivity index (χ1n) is 3.31. The Hall–Kier alpha value is -1.19. The lowest BCUT2D eigenvalue weighted by atomic mass is 10.3. The summed E-state index contributed by atoms with van der Waals surface area (Å²) >= 11 is 0. The van der Waals surface area contributed by atoms with Crippen LogP contribution >= 0.6 is 0 Å². The van der Waals surface area contributed by atoms with E-state index < -0.39 is 0 Å². The molecule has 0 N–H and O–H groups in total. The lowest BCUT2D eigenvalue weighted by Gasteiger charge is -2.03. The standard InChI is InChI=1S/C6H8N4/c1-5-8-9-6-3-2-4-7-10(5)6/h4H,2-3H2,1H3. The van der Waals surface area contributed by atoms with Gasteiger partial charge in [-0.1, -0.05) is 0 Å². The molecule has 0 saturated carbocycles. The van der Waals surface area contributed by atoms with Gasteiger partial charge >= 0.3 is 0 Å². The van der Waals surface area contributed by atoms with Crippen LogP contribution in [0.15, 0.2) is 5.10 Å². The Morgan fingerprint density at radius 1 is 1.50 bits per heavy atom. The first-order valence-corrected chi connectivity index (χ1v) is 3.31. The van der Waals surface area contributed by atoms with Crippen molar-refractivity contribution in [3.05, 3.63) is 11.6 Å². The van der Waals surface area contributed by atoms with Gasteiger partial charge in [0.05, 0.1) is 0 Å². The Labute approximate surface area is 58.6 Å². The second kappa shape index (κ2) is 1.90. The van der Waals surface area contributed by atoms with Crippen LogP contribution in [0.2, 0.25) is 0 Å². The Morgan fingerprint density at radius 2 is 2.40 bits per heavy atom. The van der Waals surface area contributed by atoms with Crippen molar-refractivity contribution in [1.82, 2.24) is 14.9 Å². The van der Waals surface area contributed by atoms with Crippen molar-refractivity contribution in [2.45, 2.75) is 19.8 Å². The summed E-state index contributed by atoms with van der Waals surface area (Å²) < 4.78 is 1.78. The molecular weight excluding hydrogens is 128 g/mol. The molecule has 1 aliphatic heterocycles. The lowest BCUT2D eigenvalue weighted by molar-refractivity contribution is 0.724. The Bertz CT molecular complexity index is 273. The molecule has 0 aliphatic carbocycles. The number of aromatic nitrogens is 3. The van der Waals surface area contributed by atoms with Crippen molar-refractivity contribution < 1.29 is 0 Å². The van der Waals surface area contributed by atoms with Crippen LogP contribution in [-0.4, -0.2) is 21.1 Å². The van der Waals surface area contributed by atoms with Gasteiger partial charge in [-0.15, -0.1) is 10.2 Å². The van der Waals surface area contributed by atoms with Crippen molar-refractivity contribution in [1.29, 1.82) is 0 Å². The van der Waals surface area contributed by atoms with Gasteiger partial charge in [-0.3, -0.25) is 0 Å². The van der Waals surface area contributed by atoms with Crippen LogP contribution < -0.4 is 0 Å². The van der Waals surface area contributed by atoms with Gasteiger partial charge in [-0.05, 0) is 13.3 Å².